The summed E-state index contributed by atoms with van der Waals surface area (Å²) < 4.78 is 0. The van der Waals surface area contributed by atoms with Crippen LogP contribution in [0.3, 0.4) is 0 Å². The van der Waals surface area contributed by atoms with E-state index in [0.29, 0.717) is 11.8 Å². The van der Waals surface area contributed by atoms with Crippen LogP contribution in [0, 0.1) is 35.5 Å². The molecule has 6 aliphatic rings. The highest BCUT2D eigenvalue weighted by Gasteiger charge is 2.50. The third-order valence-electron chi connectivity index (χ3n) is 13.1. The van der Waals surface area contributed by atoms with E-state index >= 15 is 0 Å². The Labute approximate surface area is 344 Å². The van der Waals surface area contributed by atoms with Gasteiger partial charge in [0, 0.05) is 24.2 Å². The van der Waals surface area contributed by atoms with Crippen LogP contribution in [0.4, 0.5) is 0 Å². The summed E-state index contributed by atoms with van der Waals surface area (Å²) in [6.45, 7) is 11.4. The summed E-state index contributed by atoms with van der Waals surface area (Å²) in [6, 6.07) is 37.3. The SMILES string of the molecule is Br.Br.CCCCCN1CCC(C2(c3c4ccccc4c(C4(C5CCN(CCCCC)C5)C#Cc5ccc4cc5)c4ccccc34)C#Cc3ccc2cc3)C1. The van der Waals surface area contributed by atoms with E-state index < -0.39 is 10.8 Å². The summed E-state index contributed by atoms with van der Waals surface area (Å²) in [7, 11) is 0. The Balaban J connectivity index is 0.00000225. The molecule has 4 unspecified atom stereocenters. The second kappa shape index (κ2) is 16.4. The highest BCUT2D eigenvalue weighted by molar-refractivity contribution is 8.93. The lowest BCUT2D eigenvalue weighted by Gasteiger charge is -2.41. The summed E-state index contributed by atoms with van der Waals surface area (Å²) >= 11 is 0. The highest BCUT2D eigenvalue weighted by Crippen LogP contribution is 2.54. The summed E-state index contributed by atoms with van der Waals surface area (Å²) in [6.07, 6.45) is 9.99. The van der Waals surface area contributed by atoms with Crippen molar-refractivity contribution in [3.63, 3.8) is 0 Å². The van der Waals surface area contributed by atoms with Crippen molar-refractivity contribution in [2.75, 3.05) is 39.3 Å². The third kappa shape index (κ3) is 6.46. The number of hydrogen-bond donors (Lipinski definition) is 0. The maximum atomic E-state index is 4.08. The van der Waals surface area contributed by atoms with Gasteiger partial charge in [0.05, 0.1) is 10.8 Å². The van der Waals surface area contributed by atoms with Crippen LogP contribution in [0.2, 0.25) is 0 Å². The molecule has 0 saturated carbocycles. The second-order valence-corrected chi connectivity index (χ2v) is 16.1. The number of unbranched alkanes of at least 4 members (excludes halogenated alkanes) is 4. The number of nitrogens with zero attached hydrogens (tertiary/aromatic N) is 2. The highest BCUT2D eigenvalue weighted by atomic mass is 79.9. The number of hydrogen-bond acceptors (Lipinski definition) is 2. The molecule has 4 bridgehead atoms. The first kappa shape index (κ1) is 38.9. The van der Waals surface area contributed by atoms with Crippen molar-refractivity contribution < 1.29 is 0 Å². The number of likely N-dealkylation sites (tertiary alicyclic amines) is 2. The standard InChI is InChI=1S/C50H52N2.2BrH/c1-3-5-11-31-51-33-27-41(35-51)49(29-25-37-17-21-39(49)22-18-37)47-43-13-7-9-15-45(43)48(46-16-10-8-14-44(46)47)50(30-26-38-19-23-40(50)24-20-38)42-28-34-52(36-42)32-12-6-4-2;;/h7-10,13-24,41-42H,3-6,11-12,27-28,31-36H2,1-2H3;2*1H. The first-order valence-corrected chi connectivity index (χ1v) is 20.3. The molecule has 0 radical (unpaired) electrons. The van der Waals surface area contributed by atoms with Crippen molar-refractivity contribution >= 4 is 55.5 Å². The number of halogens is 2. The van der Waals surface area contributed by atoms with Gasteiger partial charge < -0.3 is 9.80 Å². The smallest absolute Gasteiger partial charge is 0.0868 e. The van der Waals surface area contributed by atoms with E-state index in [2.05, 4.69) is 144 Å². The van der Waals surface area contributed by atoms with Crippen LogP contribution >= 0.6 is 34.0 Å². The summed E-state index contributed by atoms with van der Waals surface area (Å²) in [5.41, 5.74) is 6.91. The fourth-order valence-corrected chi connectivity index (χ4v) is 10.5. The number of rotatable bonds is 12. The maximum Gasteiger partial charge on any atom is 0.0868 e. The van der Waals surface area contributed by atoms with Crippen LogP contribution < -0.4 is 0 Å². The maximum absolute atomic E-state index is 4.08. The molecule has 2 nitrogen and oxygen atoms in total. The van der Waals surface area contributed by atoms with Crippen molar-refractivity contribution in [1.82, 2.24) is 9.80 Å². The summed E-state index contributed by atoms with van der Waals surface area (Å²) in [5, 5.41) is 5.38. The van der Waals surface area contributed by atoms with Gasteiger partial charge in [0.15, 0.2) is 0 Å². The molecule has 54 heavy (non-hydrogen) atoms. The van der Waals surface area contributed by atoms with Gasteiger partial charge in [0.1, 0.15) is 0 Å². The predicted octanol–water partition coefficient (Wildman–Crippen LogP) is 11.5. The van der Waals surface area contributed by atoms with Crippen LogP contribution in [0.1, 0.15) is 98.6 Å². The summed E-state index contributed by atoms with van der Waals surface area (Å²) in [5.74, 6) is 16.4. The van der Waals surface area contributed by atoms with Crippen molar-refractivity contribution in [3.8, 4) is 23.7 Å². The first-order chi connectivity index (χ1) is 25.7. The first-order valence-electron chi connectivity index (χ1n) is 20.3. The van der Waals surface area contributed by atoms with Crippen molar-refractivity contribution in [1.29, 1.82) is 0 Å². The zero-order valence-electron chi connectivity index (χ0n) is 32.0. The van der Waals surface area contributed by atoms with Crippen LogP contribution in [-0.4, -0.2) is 49.1 Å². The Morgan fingerprint density at radius 3 is 1.24 bits per heavy atom. The molecule has 278 valence electrons. The minimum Gasteiger partial charge on any atom is -0.303 e. The van der Waals surface area contributed by atoms with Gasteiger partial charge in [-0.1, -0.05) is 136 Å². The molecule has 2 saturated heterocycles. The molecule has 2 aliphatic heterocycles. The fourth-order valence-electron chi connectivity index (χ4n) is 10.5. The lowest BCUT2D eigenvalue weighted by atomic mass is 9.60. The van der Waals surface area contributed by atoms with Crippen LogP contribution in [0.5, 0.6) is 0 Å². The van der Waals surface area contributed by atoms with Crippen molar-refractivity contribution in [2.24, 2.45) is 11.8 Å². The van der Waals surface area contributed by atoms with Gasteiger partial charge in [-0.3, -0.25) is 0 Å². The lowest BCUT2D eigenvalue weighted by Crippen LogP contribution is -2.39. The average molecular weight is 843 g/mol. The van der Waals surface area contributed by atoms with Gasteiger partial charge in [-0.25, -0.2) is 0 Å². The Kier molecular flexibility index (Phi) is 11.8. The Morgan fingerprint density at radius 1 is 0.519 bits per heavy atom. The van der Waals surface area contributed by atoms with E-state index in [1.165, 1.54) is 95.4 Å². The molecule has 5 aromatic carbocycles. The van der Waals surface area contributed by atoms with Gasteiger partial charge >= 0.3 is 0 Å². The molecule has 0 aromatic heterocycles. The molecule has 0 N–H and O–H groups in total. The minimum absolute atomic E-state index is 0. The Bertz CT molecular complexity index is 2020. The monoisotopic (exact) mass is 840 g/mol. The molecule has 4 aliphatic carbocycles. The van der Waals surface area contributed by atoms with Crippen LogP contribution in [0.25, 0.3) is 21.5 Å². The van der Waals surface area contributed by atoms with Crippen molar-refractivity contribution in [3.05, 3.63) is 130 Å². The number of fused-ring (bicyclic) bond motifs is 8. The molecular weight excluding hydrogens is 788 g/mol. The zero-order valence-corrected chi connectivity index (χ0v) is 35.4. The van der Waals surface area contributed by atoms with E-state index in [-0.39, 0.29) is 34.0 Å². The van der Waals surface area contributed by atoms with Gasteiger partial charge in [-0.2, -0.15) is 0 Å². The molecule has 4 atom stereocenters. The quantitative estimate of drug-likeness (QED) is 0.0701. The number of benzene rings is 5. The molecule has 0 amide bonds. The zero-order chi connectivity index (χ0) is 35.1. The molecule has 2 fully saturated rings. The molecule has 2 heterocycles. The average Bonchev–Trinajstić information content (AvgIpc) is 3.68. The van der Waals surface area contributed by atoms with Gasteiger partial charge in [-0.05, 0) is 132 Å². The molecular formula is C50H54Br2N2. The van der Waals surface area contributed by atoms with Gasteiger partial charge in [0.2, 0.25) is 0 Å². The van der Waals surface area contributed by atoms with Gasteiger partial charge in [0.25, 0.3) is 0 Å². The third-order valence-corrected chi connectivity index (χ3v) is 13.1. The molecule has 5 aromatic rings. The van der Waals surface area contributed by atoms with Crippen molar-refractivity contribution in [2.45, 2.75) is 76.0 Å². The van der Waals surface area contributed by atoms with E-state index in [9.17, 15) is 0 Å². The van der Waals surface area contributed by atoms with E-state index in [0.717, 1.165) is 50.1 Å². The topological polar surface area (TPSA) is 6.48 Å². The van der Waals surface area contributed by atoms with Gasteiger partial charge in [-0.15, -0.1) is 34.0 Å². The second-order valence-electron chi connectivity index (χ2n) is 16.1. The summed E-state index contributed by atoms with van der Waals surface area (Å²) in [4.78, 5) is 5.46. The molecule has 0 spiro atoms. The normalized spacial score (nSPS) is 24.0. The fraction of sp³-hybridized carbons (Fsp3) is 0.400. The van der Waals surface area contributed by atoms with E-state index in [4.69, 9.17) is 0 Å². The van der Waals surface area contributed by atoms with E-state index in [1.54, 1.807) is 0 Å². The molecule has 4 heteroatoms. The Hall–Kier alpha value is -3.38. The Morgan fingerprint density at radius 2 is 0.889 bits per heavy atom. The largest absolute Gasteiger partial charge is 0.303 e. The van der Waals surface area contributed by atoms with Crippen LogP contribution in [-0.2, 0) is 10.8 Å². The molecule has 11 rings (SSSR count). The van der Waals surface area contributed by atoms with Crippen LogP contribution in [0.15, 0.2) is 97.1 Å². The predicted molar refractivity (Wildman–Crippen MR) is 238 cm³/mol. The van der Waals surface area contributed by atoms with E-state index in [1.807, 2.05) is 0 Å². The lowest BCUT2D eigenvalue weighted by molar-refractivity contribution is 0.299. The minimum atomic E-state index is -0.421.